The highest BCUT2D eigenvalue weighted by Gasteiger charge is 2.19. The Labute approximate surface area is 192 Å². The average molecular weight is 465 g/mol. The van der Waals surface area contributed by atoms with Crippen molar-refractivity contribution in [2.75, 3.05) is 0 Å². The predicted octanol–water partition coefficient (Wildman–Crippen LogP) is 4.86. The first kappa shape index (κ1) is 29.8. The second kappa shape index (κ2) is 13.8. The molecule has 3 N–H and O–H groups in total. The van der Waals surface area contributed by atoms with Gasteiger partial charge in [-0.3, -0.25) is 9.78 Å². The number of hydrogen-bond donors (Lipinski definition) is 2. The number of benzene rings is 1. The van der Waals surface area contributed by atoms with Crippen LogP contribution in [0, 0.1) is 19.8 Å². The van der Waals surface area contributed by atoms with Crippen LogP contribution in [0.1, 0.15) is 48.8 Å². The van der Waals surface area contributed by atoms with Crippen molar-refractivity contribution in [1.82, 2.24) is 10.5 Å². The molecule has 0 saturated carbocycles. The molecule has 5 nitrogen and oxygen atoms in total. The molecule has 0 saturated heterocycles. The summed E-state index contributed by atoms with van der Waals surface area (Å²) in [5.74, 6) is 0.117. The van der Waals surface area contributed by atoms with Crippen molar-refractivity contribution in [2.45, 2.75) is 54.1 Å². The van der Waals surface area contributed by atoms with Gasteiger partial charge in [-0.2, -0.15) is 0 Å². The Morgan fingerprint density at radius 3 is 2.17 bits per heavy atom. The fourth-order valence-electron chi connectivity index (χ4n) is 3.12. The minimum absolute atomic E-state index is 0. The predicted molar refractivity (Wildman–Crippen MR) is 126 cm³/mol. The highest BCUT2D eigenvalue weighted by Crippen LogP contribution is 2.32. The molecule has 1 heterocycles. The van der Waals surface area contributed by atoms with Gasteiger partial charge < -0.3 is 10.6 Å². The van der Waals surface area contributed by atoms with Crippen molar-refractivity contribution in [3.05, 3.63) is 52.3 Å². The number of hydroxylamine groups is 1. The number of halogens is 3. The summed E-state index contributed by atoms with van der Waals surface area (Å²) < 4.78 is 0. The lowest BCUT2D eigenvalue weighted by Crippen LogP contribution is -2.21. The number of carbonyl (C=O) groups is 1. The number of aryl methyl sites for hydroxylation is 2. The van der Waals surface area contributed by atoms with Crippen molar-refractivity contribution in [1.29, 1.82) is 0 Å². The third-order valence-corrected chi connectivity index (χ3v) is 4.30. The molecule has 1 aromatic carbocycles. The normalized spacial score (nSPS) is 9.90. The SMILES string of the molecule is CC(=O)ONCc1c(C)nc(CC(C)C)c(CN)c1-c1ccc(C)cc1.Cl.Cl.Cl. The van der Waals surface area contributed by atoms with Gasteiger partial charge in [-0.1, -0.05) is 43.7 Å². The molecule has 0 atom stereocenters. The van der Waals surface area contributed by atoms with Crippen LogP contribution in [0.25, 0.3) is 11.1 Å². The van der Waals surface area contributed by atoms with E-state index in [-0.39, 0.29) is 43.2 Å². The molecule has 2 aromatic rings. The van der Waals surface area contributed by atoms with E-state index < -0.39 is 0 Å². The summed E-state index contributed by atoms with van der Waals surface area (Å²) in [6, 6.07) is 8.41. The Morgan fingerprint density at radius 2 is 1.69 bits per heavy atom. The number of hydrogen-bond acceptors (Lipinski definition) is 5. The van der Waals surface area contributed by atoms with Gasteiger partial charge >= 0.3 is 5.97 Å². The topological polar surface area (TPSA) is 77.2 Å². The summed E-state index contributed by atoms with van der Waals surface area (Å²) >= 11 is 0. The molecule has 164 valence electrons. The Balaban J connectivity index is 0. The fraction of sp³-hybridized carbons (Fsp3) is 0.429. The van der Waals surface area contributed by atoms with Crippen LogP contribution in [0.15, 0.2) is 24.3 Å². The summed E-state index contributed by atoms with van der Waals surface area (Å²) in [4.78, 5) is 20.8. The molecule has 8 heteroatoms. The van der Waals surface area contributed by atoms with E-state index in [1.807, 2.05) is 6.92 Å². The molecule has 2 rings (SSSR count). The van der Waals surface area contributed by atoms with Gasteiger partial charge in [-0.25, -0.2) is 0 Å². The quantitative estimate of drug-likeness (QED) is 0.572. The van der Waals surface area contributed by atoms with Gasteiger partial charge in [0.25, 0.3) is 0 Å². The Hall–Kier alpha value is -1.37. The number of carbonyl (C=O) groups excluding carboxylic acids is 1. The van der Waals surface area contributed by atoms with Crippen LogP contribution >= 0.6 is 37.2 Å². The zero-order chi connectivity index (χ0) is 19.3. The number of nitrogens with two attached hydrogens (primary N) is 1. The second-order valence-electron chi connectivity index (χ2n) is 7.06. The zero-order valence-electron chi connectivity index (χ0n) is 17.6. The van der Waals surface area contributed by atoms with E-state index >= 15 is 0 Å². The maximum Gasteiger partial charge on any atom is 0.321 e. The van der Waals surface area contributed by atoms with Crippen LogP contribution in [0.3, 0.4) is 0 Å². The van der Waals surface area contributed by atoms with Crippen LogP contribution < -0.4 is 11.2 Å². The van der Waals surface area contributed by atoms with Crippen LogP contribution in [0.2, 0.25) is 0 Å². The molecule has 0 unspecified atom stereocenters. The van der Waals surface area contributed by atoms with Crippen molar-refractivity contribution in [2.24, 2.45) is 11.7 Å². The third-order valence-electron chi connectivity index (χ3n) is 4.30. The summed E-state index contributed by atoms with van der Waals surface area (Å²) in [6.45, 7) is 10.6. The Morgan fingerprint density at radius 1 is 1.10 bits per heavy atom. The monoisotopic (exact) mass is 463 g/mol. The zero-order valence-corrected chi connectivity index (χ0v) is 20.0. The molecule has 0 fully saturated rings. The van der Waals surface area contributed by atoms with Gasteiger partial charge in [0, 0.05) is 24.9 Å². The molecule has 0 aliphatic heterocycles. The number of pyridine rings is 1. The second-order valence-corrected chi connectivity index (χ2v) is 7.06. The largest absolute Gasteiger partial charge is 0.371 e. The van der Waals surface area contributed by atoms with Crippen LogP contribution in [0.4, 0.5) is 0 Å². The first-order valence-electron chi connectivity index (χ1n) is 9.02. The van der Waals surface area contributed by atoms with Gasteiger partial charge in [0.1, 0.15) is 0 Å². The highest BCUT2D eigenvalue weighted by molar-refractivity contribution is 5.86. The molecule has 0 spiro atoms. The van der Waals surface area contributed by atoms with E-state index in [0.717, 1.165) is 40.1 Å². The molecular weight excluding hydrogens is 433 g/mol. The van der Waals surface area contributed by atoms with Crippen LogP contribution in [-0.4, -0.2) is 11.0 Å². The smallest absolute Gasteiger partial charge is 0.321 e. The van der Waals surface area contributed by atoms with Crippen LogP contribution in [-0.2, 0) is 29.1 Å². The van der Waals surface area contributed by atoms with Gasteiger partial charge in [0.05, 0.1) is 6.54 Å². The molecule has 0 amide bonds. The maximum absolute atomic E-state index is 11.1. The lowest BCUT2D eigenvalue weighted by molar-refractivity contribution is -0.148. The van der Waals surface area contributed by atoms with Gasteiger partial charge in [-0.15, -0.1) is 42.7 Å². The summed E-state index contributed by atoms with van der Waals surface area (Å²) in [5, 5.41) is 0. The summed E-state index contributed by atoms with van der Waals surface area (Å²) in [7, 11) is 0. The first-order valence-corrected chi connectivity index (χ1v) is 9.02. The van der Waals surface area contributed by atoms with E-state index in [2.05, 4.69) is 50.5 Å². The molecule has 0 aliphatic rings. The lowest BCUT2D eigenvalue weighted by Gasteiger charge is -2.21. The minimum Gasteiger partial charge on any atom is -0.371 e. The standard InChI is InChI=1S/C21H29N3O2.3ClH/c1-13(2)10-20-18(11-22)21(17-8-6-14(3)7-9-17)19(15(4)24-20)12-23-26-16(5)25;;;/h6-9,13,23H,10-12,22H2,1-5H3;3*1H. The molecule has 1 aromatic heterocycles. The fourth-order valence-corrected chi connectivity index (χ4v) is 3.12. The molecule has 0 bridgehead atoms. The summed E-state index contributed by atoms with van der Waals surface area (Å²) in [6.07, 6.45) is 0.879. The Bertz CT molecular complexity index is 782. The van der Waals surface area contributed by atoms with E-state index in [0.29, 0.717) is 19.0 Å². The van der Waals surface area contributed by atoms with E-state index in [9.17, 15) is 4.79 Å². The van der Waals surface area contributed by atoms with E-state index in [1.54, 1.807) is 0 Å². The van der Waals surface area contributed by atoms with Crippen molar-refractivity contribution < 1.29 is 9.63 Å². The van der Waals surface area contributed by atoms with E-state index in [1.165, 1.54) is 12.5 Å². The van der Waals surface area contributed by atoms with Crippen molar-refractivity contribution in [3.63, 3.8) is 0 Å². The van der Waals surface area contributed by atoms with Gasteiger partial charge in [0.2, 0.25) is 0 Å². The van der Waals surface area contributed by atoms with E-state index in [4.69, 9.17) is 15.6 Å². The maximum atomic E-state index is 11.1. The highest BCUT2D eigenvalue weighted by atomic mass is 35.5. The Kier molecular flexibility index (Phi) is 14.2. The first-order chi connectivity index (χ1) is 12.3. The summed E-state index contributed by atoms with van der Waals surface area (Å²) in [5.41, 5.74) is 16.3. The van der Waals surface area contributed by atoms with Gasteiger partial charge in [-0.05, 0) is 48.4 Å². The molecule has 0 radical (unpaired) electrons. The van der Waals surface area contributed by atoms with Crippen LogP contribution in [0.5, 0.6) is 0 Å². The molecule has 0 aliphatic carbocycles. The van der Waals surface area contributed by atoms with Gasteiger partial charge in [0.15, 0.2) is 0 Å². The van der Waals surface area contributed by atoms with Crippen molar-refractivity contribution in [3.8, 4) is 11.1 Å². The number of nitrogens with one attached hydrogen (secondary N) is 1. The molecular formula is C21H32Cl3N3O2. The lowest BCUT2D eigenvalue weighted by atomic mass is 9.90. The third kappa shape index (κ3) is 8.11. The number of nitrogens with zero attached hydrogens (tertiary/aromatic N) is 1. The average Bonchev–Trinajstić information content (AvgIpc) is 2.56. The minimum atomic E-state index is -0.372. The van der Waals surface area contributed by atoms with Crippen molar-refractivity contribution >= 4 is 43.2 Å². The molecule has 29 heavy (non-hydrogen) atoms. The number of aromatic nitrogens is 1. The number of rotatable bonds is 7.